The Hall–Kier alpha value is -13.7. The molecule has 0 spiro atoms. The van der Waals surface area contributed by atoms with Crippen LogP contribution in [0.15, 0.2) is 405 Å². The maximum atomic E-state index is 6.36. The van der Waals surface area contributed by atoms with Crippen LogP contribution in [0, 0.1) is 0 Å². The van der Waals surface area contributed by atoms with Gasteiger partial charge in [-0.05, 0) is 184 Å². The molecule has 3 nitrogen and oxygen atoms in total. The fraction of sp³-hybridized carbons (Fsp3) is 0. The second-order valence-electron chi connectivity index (χ2n) is 28.1. The Morgan fingerprint density at radius 1 is 0.193 bits per heavy atom. The van der Waals surface area contributed by atoms with E-state index < -0.39 is 0 Å². The number of thiophene rings is 2. The van der Waals surface area contributed by atoms with E-state index in [1.165, 1.54) is 101 Å². The molecule has 0 radical (unpaired) electrons. The Balaban J connectivity index is 0.579. The summed E-state index contributed by atoms with van der Waals surface area (Å²) in [4.78, 5) is 4.94. The molecule has 510 valence electrons. The highest BCUT2D eigenvalue weighted by Crippen LogP contribution is 2.51. The number of hydrogen-bond acceptors (Lipinski definition) is 5. The Morgan fingerprint density at radius 3 is 1.06 bits per heavy atom. The highest BCUT2D eigenvalue weighted by atomic mass is 32.1. The smallest absolute Gasteiger partial charge is 0.136 e. The topological polar surface area (TPSA) is 19.6 Å². The first-order valence-corrected chi connectivity index (χ1v) is 38.8. The van der Waals surface area contributed by atoms with Gasteiger partial charge in [-0.15, -0.1) is 22.7 Å². The molecule has 21 rings (SSSR count). The van der Waals surface area contributed by atoms with Gasteiger partial charge in [-0.1, -0.05) is 315 Å². The largest absolute Gasteiger partial charge is 0.456 e. The average molecular weight is 1420 g/mol. The number of furan rings is 1. The molecule has 0 amide bonds. The Kier molecular flexibility index (Phi) is 15.6. The lowest BCUT2D eigenvalue weighted by Crippen LogP contribution is -2.11. The molecule has 0 atom stereocenters. The first-order chi connectivity index (χ1) is 54.0. The summed E-state index contributed by atoms with van der Waals surface area (Å²) >= 11 is 3.72. The second kappa shape index (κ2) is 26.7. The molecule has 109 heavy (non-hydrogen) atoms. The SMILES string of the molecule is c1cc(-c2ccccc2N(c2ccc(-c3ccc(-c4ccc(-c5cccc6c(-c7cccc(-c8ccccc8N(c8ccc(-c9cccc%10oc%11ccccc%11c9%10)cc8)c8cccc9c8sc8ccccc89)c7)cccc56)cc4)cc3)cc2)c2cccc3c2sc2ccccc23)cc(-c2cccc3ccccc23)c1. The molecule has 0 N–H and O–H groups in total. The number of anilines is 6. The summed E-state index contributed by atoms with van der Waals surface area (Å²) in [7, 11) is 0. The molecule has 3 heterocycles. The van der Waals surface area contributed by atoms with Crippen molar-refractivity contribution in [2.75, 3.05) is 9.80 Å². The third kappa shape index (κ3) is 11.2. The summed E-state index contributed by atoms with van der Waals surface area (Å²) in [5, 5.41) is 12.2. The van der Waals surface area contributed by atoms with E-state index in [1.54, 1.807) is 0 Å². The van der Waals surface area contributed by atoms with E-state index in [0.29, 0.717) is 0 Å². The fourth-order valence-corrected chi connectivity index (χ4v) is 19.2. The molecule has 21 aromatic rings. The summed E-state index contributed by atoms with van der Waals surface area (Å²) < 4.78 is 11.4. The van der Waals surface area contributed by atoms with Crippen LogP contribution in [-0.2, 0) is 0 Å². The molecule has 0 aliphatic carbocycles. The molecule has 3 aromatic heterocycles. The number of para-hydroxylation sites is 3. The minimum absolute atomic E-state index is 0.890. The predicted molar refractivity (Wildman–Crippen MR) is 467 cm³/mol. The van der Waals surface area contributed by atoms with Gasteiger partial charge in [-0.25, -0.2) is 0 Å². The molecule has 0 fully saturated rings. The third-order valence-electron chi connectivity index (χ3n) is 21.9. The Morgan fingerprint density at radius 2 is 0.514 bits per heavy atom. The first kappa shape index (κ1) is 63.8. The maximum Gasteiger partial charge on any atom is 0.136 e. The number of nitrogens with zero attached hydrogens (tertiary/aromatic N) is 2. The van der Waals surface area contributed by atoms with Gasteiger partial charge in [0, 0.05) is 64.2 Å². The Labute approximate surface area is 639 Å². The number of rotatable bonds is 14. The van der Waals surface area contributed by atoms with Crippen molar-refractivity contribution in [3.63, 3.8) is 0 Å². The van der Waals surface area contributed by atoms with Crippen molar-refractivity contribution >= 4 is 141 Å². The molecule has 0 bridgehead atoms. The van der Waals surface area contributed by atoms with Crippen LogP contribution in [-0.4, -0.2) is 0 Å². The lowest BCUT2D eigenvalue weighted by molar-refractivity contribution is 0.669. The zero-order valence-corrected chi connectivity index (χ0v) is 60.9. The van der Waals surface area contributed by atoms with Gasteiger partial charge in [0.05, 0.1) is 32.1 Å². The molecule has 5 heteroatoms. The van der Waals surface area contributed by atoms with Crippen LogP contribution in [0.3, 0.4) is 0 Å². The maximum absolute atomic E-state index is 6.36. The normalized spacial score (nSPS) is 11.7. The van der Waals surface area contributed by atoms with Crippen molar-refractivity contribution in [2.24, 2.45) is 0 Å². The van der Waals surface area contributed by atoms with Crippen molar-refractivity contribution in [1.29, 1.82) is 0 Å². The van der Waals surface area contributed by atoms with E-state index >= 15 is 0 Å². The van der Waals surface area contributed by atoms with Crippen LogP contribution in [0.1, 0.15) is 0 Å². The minimum atomic E-state index is 0.890. The molecule has 0 unspecified atom stereocenters. The number of fused-ring (bicyclic) bond motifs is 11. The standard InChI is InChI=1S/C104H66N2OS2/c1-2-27-80-71(21-1)22-15-33-82(80)74-23-13-25-76(65-74)84-28-3-8-41-94(84)105(96-43-18-39-91-89-30-6-11-47-100(89)108-103(91)96)78-61-57-70(58-62-78)68-51-49-67(50-52-68)69-53-55-72(56-54-69)81-34-16-38-88-83(35-17-37-87(81)88)75-24-14-26-77(66-75)85-29-4-9-42-95(85)106(97-44-19-40-92-90-31-7-12-48-101(90)109-104(92)97)79-63-59-73(60-64-79)86-36-20-46-99-102(86)93-32-5-10-45-98(93)107-99/h1-66H. The van der Waals surface area contributed by atoms with Gasteiger partial charge in [0.25, 0.3) is 0 Å². The van der Waals surface area contributed by atoms with Gasteiger partial charge in [0.2, 0.25) is 0 Å². The quantitative estimate of drug-likeness (QED) is 0.108. The van der Waals surface area contributed by atoms with Gasteiger partial charge in [0.15, 0.2) is 0 Å². The van der Waals surface area contributed by atoms with Gasteiger partial charge in [-0.2, -0.15) is 0 Å². The lowest BCUT2D eigenvalue weighted by Gasteiger charge is -2.28. The average Bonchev–Trinajstić information content (AvgIpc) is 1.70. The monoisotopic (exact) mass is 1420 g/mol. The van der Waals surface area contributed by atoms with E-state index in [0.717, 1.165) is 106 Å². The zero-order valence-electron chi connectivity index (χ0n) is 59.2. The van der Waals surface area contributed by atoms with Crippen molar-refractivity contribution in [1.82, 2.24) is 0 Å². The first-order valence-electron chi connectivity index (χ1n) is 37.2. The molecule has 18 aromatic carbocycles. The van der Waals surface area contributed by atoms with Crippen LogP contribution < -0.4 is 9.80 Å². The summed E-state index contributed by atoms with van der Waals surface area (Å²) in [6, 6.07) is 147. The van der Waals surface area contributed by atoms with Gasteiger partial charge in [0.1, 0.15) is 11.2 Å². The highest BCUT2D eigenvalue weighted by Gasteiger charge is 2.25. The van der Waals surface area contributed by atoms with E-state index in [9.17, 15) is 0 Å². The van der Waals surface area contributed by atoms with E-state index in [1.807, 2.05) is 28.7 Å². The van der Waals surface area contributed by atoms with Crippen molar-refractivity contribution in [3.05, 3.63) is 400 Å². The third-order valence-corrected chi connectivity index (χ3v) is 24.3. The predicted octanol–water partition coefficient (Wildman–Crippen LogP) is 30.9. The van der Waals surface area contributed by atoms with Crippen LogP contribution in [0.5, 0.6) is 0 Å². The van der Waals surface area contributed by atoms with Gasteiger partial charge < -0.3 is 14.2 Å². The van der Waals surface area contributed by atoms with Crippen LogP contribution in [0.25, 0.3) is 173 Å². The van der Waals surface area contributed by atoms with Gasteiger partial charge in [-0.3, -0.25) is 0 Å². The van der Waals surface area contributed by atoms with Crippen LogP contribution >= 0.6 is 22.7 Å². The van der Waals surface area contributed by atoms with Gasteiger partial charge >= 0.3 is 0 Å². The number of hydrogen-bond donors (Lipinski definition) is 0. The molecular weight excluding hydrogens is 1360 g/mol. The Bertz CT molecular complexity index is 7100. The molecule has 0 saturated heterocycles. The van der Waals surface area contributed by atoms with Crippen LogP contribution in [0.4, 0.5) is 34.1 Å². The van der Waals surface area contributed by atoms with Crippen molar-refractivity contribution in [3.8, 4) is 89.0 Å². The molecular formula is C104H66N2OS2. The molecule has 0 aliphatic heterocycles. The van der Waals surface area contributed by atoms with Crippen LogP contribution in [0.2, 0.25) is 0 Å². The summed E-state index contributed by atoms with van der Waals surface area (Å²) in [6.45, 7) is 0. The highest BCUT2D eigenvalue weighted by molar-refractivity contribution is 7.26. The second-order valence-corrected chi connectivity index (χ2v) is 30.2. The lowest BCUT2D eigenvalue weighted by atomic mass is 9.91. The van der Waals surface area contributed by atoms with E-state index in [4.69, 9.17) is 4.42 Å². The van der Waals surface area contributed by atoms with Crippen molar-refractivity contribution < 1.29 is 4.42 Å². The molecule has 0 saturated carbocycles. The van der Waals surface area contributed by atoms with E-state index in [-0.39, 0.29) is 0 Å². The van der Waals surface area contributed by atoms with Crippen molar-refractivity contribution in [2.45, 2.75) is 0 Å². The zero-order chi connectivity index (χ0) is 71.9. The summed E-state index contributed by atoms with van der Waals surface area (Å²) in [6.07, 6.45) is 0. The fourth-order valence-electron chi connectivity index (χ4n) is 16.8. The number of benzene rings is 18. The summed E-state index contributed by atoms with van der Waals surface area (Å²) in [5.41, 5.74) is 27.1. The molecule has 0 aliphatic rings. The minimum Gasteiger partial charge on any atom is -0.456 e. The summed E-state index contributed by atoms with van der Waals surface area (Å²) in [5.74, 6) is 0. The van der Waals surface area contributed by atoms with E-state index in [2.05, 4.69) is 404 Å².